The molecule has 0 saturated heterocycles. The third-order valence-corrected chi connectivity index (χ3v) is 5.28. The van der Waals surface area contributed by atoms with Crippen molar-refractivity contribution >= 4 is 11.8 Å². The fourth-order valence-corrected chi connectivity index (χ4v) is 3.55. The molecule has 0 aliphatic heterocycles. The van der Waals surface area contributed by atoms with Crippen LogP contribution in [-0.4, -0.2) is 24.9 Å². The topological polar surface area (TPSA) is 69.6 Å². The SMILES string of the molecule is Fc1ccc(-c2nc(CSc3nc(C4CC4)n(-c4ccccc4)n3)no2)cc1. The molecule has 0 N–H and O–H groups in total. The number of para-hydroxylation sites is 1. The van der Waals surface area contributed by atoms with E-state index in [4.69, 9.17) is 9.51 Å². The van der Waals surface area contributed by atoms with Crippen LogP contribution in [0, 0.1) is 5.82 Å². The van der Waals surface area contributed by atoms with Crippen LogP contribution in [0.3, 0.4) is 0 Å². The minimum Gasteiger partial charge on any atom is -0.334 e. The third-order valence-electron chi connectivity index (χ3n) is 4.45. The minimum absolute atomic E-state index is 0.300. The predicted octanol–water partition coefficient (Wildman–Crippen LogP) is 4.63. The highest BCUT2D eigenvalue weighted by Gasteiger charge is 2.30. The lowest BCUT2D eigenvalue weighted by atomic mass is 10.2. The van der Waals surface area contributed by atoms with Crippen molar-refractivity contribution in [3.63, 3.8) is 0 Å². The number of rotatable bonds is 6. The summed E-state index contributed by atoms with van der Waals surface area (Å²) in [6.45, 7) is 0. The summed E-state index contributed by atoms with van der Waals surface area (Å²) in [5.41, 5.74) is 1.70. The Hall–Kier alpha value is -3.00. The Labute approximate surface area is 164 Å². The summed E-state index contributed by atoms with van der Waals surface area (Å²) < 4.78 is 20.3. The van der Waals surface area contributed by atoms with Crippen LogP contribution in [0.4, 0.5) is 4.39 Å². The van der Waals surface area contributed by atoms with Gasteiger partial charge in [0.2, 0.25) is 5.16 Å². The quantitative estimate of drug-likeness (QED) is 0.445. The van der Waals surface area contributed by atoms with Gasteiger partial charge in [-0.05, 0) is 49.2 Å². The van der Waals surface area contributed by atoms with Gasteiger partial charge < -0.3 is 4.52 Å². The van der Waals surface area contributed by atoms with E-state index in [9.17, 15) is 4.39 Å². The molecule has 8 heteroatoms. The van der Waals surface area contributed by atoms with Gasteiger partial charge in [-0.25, -0.2) is 14.1 Å². The van der Waals surface area contributed by atoms with E-state index >= 15 is 0 Å². The molecule has 1 fully saturated rings. The molecular formula is C20H16FN5OS. The summed E-state index contributed by atoms with van der Waals surface area (Å²) in [4.78, 5) is 9.10. The lowest BCUT2D eigenvalue weighted by Crippen LogP contribution is -2.01. The van der Waals surface area contributed by atoms with Crippen molar-refractivity contribution in [2.24, 2.45) is 0 Å². The third kappa shape index (κ3) is 3.55. The van der Waals surface area contributed by atoms with Crippen molar-refractivity contribution in [3.8, 4) is 17.1 Å². The van der Waals surface area contributed by atoms with E-state index in [0.717, 1.165) is 24.4 Å². The maximum absolute atomic E-state index is 13.0. The normalized spacial score (nSPS) is 13.8. The van der Waals surface area contributed by atoms with E-state index in [0.29, 0.717) is 34.1 Å². The molecule has 0 amide bonds. The Morgan fingerprint density at radius 3 is 2.57 bits per heavy atom. The van der Waals surface area contributed by atoms with E-state index in [1.54, 1.807) is 12.1 Å². The van der Waals surface area contributed by atoms with Gasteiger partial charge in [0.05, 0.1) is 11.4 Å². The zero-order valence-electron chi connectivity index (χ0n) is 14.8. The Morgan fingerprint density at radius 2 is 1.82 bits per heavy atom. The summed E-state index contributed by atoms with van der Waals surface area (Å²) in [7, 11) is 0. The number of hydrogen-bond donors (Lipinski definition) is 0. The summed E-state index contributed by atoms with van der Waals surface area (Å²) in [6.07, 6.45) is 2.31. The molecule has 5 rings (SSSR count). The van der Waals surface area contributed by atoms with Crippen molar-refractivity contribution in [2.75, 3.05) is 0 Å². The molecule has 28 heavy (non-hydrogen) atoms. The highest BCUT2D eigenvalue weighted by molar-refractivity contribution is 7.98. The molecule has 1 saturated carbocycles. The van der Waals surface area contributed by atoms with Gasteiger partial charge in [0.25, 0.3) is 5.89 Å². The van der Waals surface area contributed by atoms with Gasteiger partial charge in [0, 0.05) is 11.5 Å². The van der Waals surface area contributed by atoms with Crippen molar-refractivity contribution in [1.29, 1.82) is 0 Å². The van der Waals surface area contributed by atoms with Crippen LogP contribution < -0.4 is 0 Å². The average Bonchev–Trinajstić information content (AvgIpc) is 3.31. The van der Waals surface area contributed by atoms with Crippen LogP contribution in [0.1, 0.15) is 30.4 Å². The summed E-state index contributed by atoms with van der Waals surface area (Å²) >= 11 is 1.47. The molecule has 140 valence electrons. The average molecular weight is 393 g/mol. The number of hydrogen-bond acceptors (Lipinski definition) is 6. The fourth-order valence-electron chi connectivity index (χ4n) is 2.88. The Kier molecular flexibility index (Phi) is 4.40. The van der Waals surface area contributed by atoms with Gasteiger partial charge in [-0.3, -0.25) is 0 Å². The molecule has 2 heterocycles. The zero-order valence-corrected chi connectivity index (χ0v) is 15.6. The van der Waals surface area contributed by atoms with Gasteiger partial charge in [-0.15, -0.1) is 5.10 Å². The van der Waals surface area contributed by atoms with Gasteiger partial charge >= 0.3 is 0 Å². The summed E-state index contributed by atoms with van der Waals surface area (Å²) in [6, 6.07) is 16.0. The number of aromatic nitrogens is 5. The Morgan fingerprint density at radius 1 is 1.04 bits per heavy atom. The number of halogens is 1. The molecule has 0 bridgehead atoms. The highest BCUT2D eigenvalue weighted by Crippen LogP contribution is 2.40. The monoisotopic (exact) mass is 393 g/mol. The number of benzene rings is 2. The van der Waals surface area contributed by atoms with E-state index in [1.165, 1.54) is 23.9 Å². The Balaban J connectivity index is 1.33. The largest absolute Gasteiger partial charge is 0.334 e. The van der Waals surface area contributed by atoms with E-state index in [1.807, 2.05) is 35.0 Å². The van der Waals surface area contributed by atoms with Crippen molar-refractivity contribution in [3.05, 3.63) is 72.1 Å². The molecule has 2 aromatic heterocycles. The molecular weight excluding hydrogens is 377 g/mol. The maximum Gasteiger partial charge on any atom is 0.257 e. The molecule has 0 spiro atoms. The second-order valence-corrected chi connectivity index (χ2v) is 7.53. The fraction of sp³-hybridized carbons (Fsp3) is 0.200. The molecule has 6 nitrogen and oxygen atoms in total. The van der Waals surface area contributed by atoms with Crippen LogP contribution >= 0.6 is 11.8 Å². The van der Waals surface area contributed by atoms with Gasteiger partial charge in [0.1, 0.15) is 11.6 Å². The molecule has 2 aromatic carbocycles. The predicted molar refractivity (Wildman–Crippen MR) is 103 cm³/mol. The molecule has 1 aliphatic rings. The van der Waals surface area contributed by atoms with E-state index in [2.05, 4.69) is 15.2 Å². The van der Waals surface area contributed by atoms with Gasteiger partial charge in [-0.1, -0.05) is 35.1 Å². The van der Waals surface area contributed by atoms with Crippen LogP contribution in [0.5, 0.6) is 0 Å². The first-order valence-electron chi connectivity index (χ1n) is 9.00. The lowest BCUT2D eigenvalue weighted by molar-refractivity contribution is 0.425. The second kappa shape index (κ2) is 7.20. The van der Waals surface area contributed by atoms with E-state index < -0.39 is 0 Å². The molecule has 0 unspecified atom stereocenters. The van der Waals surface area contributed by atoms with Crippen LogP contribution in [0.2, 0.25) is 0 Å². The summed E-state index contributed by atoms with van der Waals surface area (Å²) in [5.74, 6) is 2.61. The maximum atomic E-state index is 13.0. The second-order valence-electron chi connectivity index (χ2n) is 6.59. The van der Waals surface area contributed by atoms with Crippen molar-refractivity contribution in [2.45, 2.75) is 29.7 Å². The van der Waals surface area contributed by atoms with E-state index in [-0.39, 0.29) is 5.82 Å². The van der Waals surface area contributed by atoms with Crippen molar-refractivity contribution in [1.82, 2.24) is 24.9 Å². The summed E-state index contributed by atoms with van der Waals surface area (Å²) in [5, 5.41) is 9.37. The van der Waals surface area contributed by atoms with Crippen LogP contribution in [-0.2, 0) is 5.75 Å². The smallest absolute Gasteiger partial charge is 0.257 e. The first kappa shape index (κ1) is 17.1. The first-order valence-corrected chi connectivity index (χ1v) is 9.98. The standard InChI is InChI=1S/C20H16FN5OS/c21-15-10-8-14(9-11-15)19-22-17(25-27-19)12-28-20-23-18(13-6-7-13)26(24-20)16-4-2-1-3-5-16/h1-5,8-11,13H,6-7,12H2. The molecule has 4 aromatic rings. The van der Waals surface area contributed by atoms with Gasteiger partial charge in [-0.2, -0.15) is 4.98 Å². The zero-order chi connectivity index (χ0) is 18.9. The number of nitrogens with zero attached hydrogens (tertiary/aromatic N) is 5. The first-order chi connectivity index (χ1) is 13.8. The minimum atomic E-state index is -0.300. The lowest BCUT2D eigenvalue weighted by Gasteiger charge is -2.03. The van der Waals surface area contributed by atoms with Gasteiger partial charge in [0.15, 0.2) is 5.82 Å². The Bertz CT molecular complexity index is 1090. The molecule has 1 aliphatic carbocycles. The molecule has 0 radical (unpaired) electrons. The van der Waals surface area contributed by atoms with Crippen LogP contribution in [0.25, 0.3) is 17.1 Å². The molecule has 0 atom stereocenters. The van der Waals surface area contributed by atoms with Crippen molar-refractivity contribution < 1.29 is 8.91 Å². The van der Waals surface area contributed by atoms with Crippen LogP contribution in [0.15, 0.2) is 64.3 Å². The number of thioether (sulfide) groups is 1. The highest BCUT2D eigenvalue weighted by atomic mass is 32.2.